The summed E-state index contributed by atoms with van der Waals surface area (Å²) < 4.78 is 17.1. The van der Waals surface area contributed by atoms with Gasteiger partial charge in [-0.15, -0.1) is 0 Å². The van der Waals surface area contributed by atoms with Gasteiger partial charge in [-0.05, 0) is 35.9 Å². The third-order valence-corrected chi connectivity index (χ3v) is 5.23. The van der Waals surface area contributed by atoms with Crippen molar-refractivity contribution in [3.63, 3.8) is 0 Å². The molecule has 1 aliphatic heterocycles. The smallest absolute Gasteiger partial charge is 0.166 e. The summed E-state index contributed by atoms with van der Waals surface area (Å²) in [6.07, 6.45) is 0. The zero-order chi connectivity index (χ0) is 20.6. The van der Waals surface area contributed by atoms with E-state index in [9.17, 15) is 0 Å². The molecule has 0 saturated carbocycles. The normalized spacial score (nSPS) is 13.7. The Labute approximate surface area is 178 Å². The average Bonchev–Trinajstić information content (AvgIpc) is 2.83. The Morgan fingerprint density at radius 3 is 2.40 bits per heavy atom. The van der Waals surface area contributed by atoms with E-state index in [1.54, 1.807) is 7.11 Å². The van der Waals surface area contributed by atoms with E-state index in [2.05, 4.69) is 52.7 Å². The molecule has 0 bridgehead atoms. The topological polar surface area (TPSA) is 43.0 Å². The van der Waals surface area contributed by atoms with Crippen LogP contribution in [0.5, 0.6) is 11.5 Å². The van der Waals surface area contributed by atoms with E-state index >= 15 is 0 Å². The van der Waals surface area contributed by atoms with Gasteiger partial charge >= 0.3 is 0 Å². The number of anilines is 2. The van der Waals surface area contributed by atoms with Gasteiger partial charge in [-0.3, -0.25) is 0 Å². The van der Waals surface area contributed by atoms with Crippen molar-refractivity contribution in [1.29, 1.82) is 0 Å². The molecule has 3 aromatic carbocycles. The summed E-state index contributed by atoms with van der Waals surface area (Å²) in [6, 6.07) is 24.7. The fraction of sp³-hybridized carbons (Fsp3) is 0.280. The van der Waals surface area contributed by atoms with Gasteiger partial charge in [0.05, 0.1) is 20.3 Å². The molecule has 1 aliphatic rings. The van der Waals surface area contributed by atoms with Crippen LogP contribution in [0.3, 0.4) is 0 Å². The Morgan fingerprint density at radius 2 is 1.67 bits per heavy atom. The number of nitrogens with one attached hydrogen (secondary N) is 1. The highest BCUT2D eigenvalue weighted by molar-refractivity contribution is 5.56. The molecule has 5 nitrogen and oxygen atoms in total. The molecule has 1 N–H and O–H groups in total. The number of ether oxygens (including phenoxy) is 3. The maximum absolute atomic E-state index is 6.15. The van der Waals surface area contributed by atoms with E-state index in [1.165, 1.54) is 5.69 Å². The molecular formula is C25H28N2O3. The van der Waals surface area contributed by atoms with Gasteiger partial charge < -0.3 is 24.4 Å². The largest absolute Gasteiger partial charge is 0.493 e. The van der Waals surface area contributed by atoms with Gasteiger partial charge in [0.25, 0.3) is 0 Å². The van der Waals surface area contributed by atoms with Crippen molar-refractivity contribution >= 4 is 11.4 Å². The zero-order valence-corrected chi connectivity index (χ0v) is 17.3. The summed E-state index contributed by atoms with van der Waals surface area (Å²) in [5.41, 5.74) is 4.49. The summed E-state index contributed by atoms with van der Waals surface area (Å²) in [7, 11) is 1.67. The van der Waals surface area contributed by atoms with E-state index in [1.807, 2.05) is 30.3 Å². The number of rotatable bonds is 8. The fourth-order valence-electron chi connectivity index (χ4n) is 3.56. The molecule has 3 aromatic rings. The van der Waals surface area contributed by atoms with Crippen molar-refractivity contribution in [2.24, 2.45) is 0 Å². The Balaban J connectivity index is 1.42. The number of para-hydroxylation sites is 1. The van der Waals surface area contributed by atoms with Crippen molar-refractivity contribution in [3.8, 4) is 11.5 Å². The van der Waals surface area contributed by atoms with Crippen molar-refractivity contribution < 1.29 is 14.2 Å². The second kappa shape index (κ2) is 10.0. The molecular weight excluding hydrogens is 376 g/mol. The van der Waals surface area contributed by atoms with Crippen LogP contribution >= 0.6 is 0 Å². The molecule has 0 spiro atoms. The summed E-state index contributed by atoms with van der Waals surface area (Å²) >= 11 is 0. The molecule has 0 atom stereocenters. The standard InChI is InChI=1S/C25H28N2O3/c1-28-24-9-5-8-21(25(24)30-19-20-6-3-2-4-7-20)18-26-22-10-12-23(13-11-22)27-14-16-29-17-15-27/h2-13,26H,14-19H2,1H3. The fourth-order valence-corrected chi connectivity index (χ4v) is 3.56. The highest BCUT2D eigenvalue weighted by Gasteiger charge is 2.12. The van der Waals surface area contributed by atoms with Crippen LogP contribution in [0.4, 0.5) is 11.4 Å². The molecule has 1 saturated heterocycles. The van der Waals surface area contributed by atoms with Gasteiger partial charge in [0.1, 0.15) is 6.61 Å². The average molecular weight is 405 g/mol. The van der Waals surface area contributed by atoms with E-state index in [0.29, 0.717) is 13.2 Å². The predicted octanol–water partition coefficient (Wildman–Crippen LogP) is 4.72. The monoisotopic (exact) mass is 404 g/mol. The molecule has 0 radical (unpaired) electrons. The summed E-state index contributed by atoms with van der Waals surface area (Å²) in [4.78, 5) is 2.35. The van der Waals surface area contributed by atoms with Crippen LogP contribution in [0.25, 0.3) is 0 Å². The Kier molecular flexibility index (Phi) is 6.72. The molecule has 5 heteroatoms. The third kappa shape index (κ3) is 5.05. The number of morpholine rings is 1. The Hall–Kier alpha value is -3.18. The zero-order valence-electron chi connectivity index (χ0n) is 17.3. The number of nitrogens with zero attached hydrogens (tertiary/aromatic N) is 1. The highest BCUT2D eigenvalue weighted by atomic mass is 16.5. The molecule has 156 valence electrons. The van der Waals surface area contributed by atoms with Gasteiger partial charge in [0.2, 0.25) is 0 Å². The van der Waals surface area contributed by atoms with Crippen LogP contribution < -0.4 is 19.7 Å². The number of benzene rings is 3. The summed E-state index contributed by atoms with van der Waals surface area (Å²) in [5.74, 6) is 1.52. The van der Waals surface area contributed by atoms with Crippen molar-refractivity contribution in [3.05, 3.63) is 83.9 Å². The first-order chi connectivity index (χ1) is 14.8. The van der Waals surface area contributed by atoms with E-state index < -0.39 is 0 Å². The molecule has 4 rings (SSSR count). The summed E-state index contributed by atoms with van der Waals surface area (Å²) in [5, 5.41) is 3.50. The first-order valence-corrected chi connectivity index (χ1v) is 10.3. The molecule has 0 amide bonds. The minimum absolute atomic E-state index is 0.502. The summed E-state index contributed by atoms with van der Waals surface area (Å²) in [6.45, 7) is 4.63. The SMILES string of the molecule is COc1cccc(CNc2ccc(N3CCOCC3)cc2)c1OCc1ccccc1. The van der Waals surface area contributed by atoms with Crippen LogP contribution in [-0.4, -0.2) is 33.4 Å². The van der Waals surface area contributed by atoms with Crippen LogP contribution in [0, 0.1) is 0 Å². The predicted molar refractivity (Wildman–Crippen MR) is 121 cm³/mol. The van der Waals surface area contributed by atoms with Gasteiger partial charge in [0, 0.05) is 36.6 Å². The lowest BCUT2D eigenvalue weighted by atomic mass is 10.1. The van der Waals surface area contributed by atoms with Crippen molar-refractivity contribution in [2.45, 2.75) is 13.2 Å². The minimum Gasteiger partial charge on any atom is -0.493 e. The lowest BCUT2D eigenvalue weighted by Crippen LogP contribution is -2.36. The Morgan fingerprint density at radius 1 is 0.900 bits per heavy atom. The first kappa shape index (κ1) is 20.1. The lowest BCUT2D eigenvalue weighted by molar-refractivity contribution is 0.122. The molecule has 0 aromatic heterocycles. The molecule has 0 unspecified atom stereocenters. The van der Waals surface area contributed by atoms with Gasteiger partial charge in [-0.25, -0.2) is 0 Å². The van der Waals surface area contributed by atoms with E-state index in [4.69, 9.17) is 14.2 Å². The minimum atomic E-state index is 0.502. The van der Waals surface area contributed by atoms with Gasteiger partial charge in [0.15, 0.2) is 11.5 Å². The third-order valence-electron chi connectivity index (χ3n) is 5.23. The molecule has 1 fully saturated rings. The maximum Gasteiger partial charge on any atom is 0.166 e. The second-order valence-corrected chi connectivity index (χ2v) is 7.22. The number of hydrogen-bond donors (Lipinski definition) is 1. The number of hydrogen-bond acceptors (Lipinski definition) is 5. The van der Waals surface area contributed by atoms with Gasteiger partial charge in [-0.1, -0.05) is 42.5 Å². The van der Waals surface area contributed by atoms with Crippen molar-refractivity contribution in [1.82, 2.24) is 0 Å². The first-order valence-electron chi connectivity index (χ1n) is 10.3. The Bertz CT molecular complexity index is 923. The molecule has 1 heterocycles. The molecule has 0 aliphatic carbocycles. The van der Waals surface area contributed by atoms with Crippen LogP contribution in [0.15, 0.2) is 72.8 Å². The maximum atomic E-state index is 6.15. The lowest BCUT2D eigenvalue weighted by Gasteiger charge is -2.29. The van der Waals surface area contributed by atoms with Crippen LogP contribution in [0.2, 0.25) is 0 Å². The number of methoxy groups -OCH3 is 1. The van der Waals surface area contributed by atoms with Gasteiger partial charge in [-0.2, -0.15) is 0 Å². The van der Waals surface area contributed by atoms with E-state index in [0.717, 1.165) is 54.6 Å². The van der Waals surface area contributed by atoms with Crippen molar-refractivity contribution in [2.75, 3.05) is 43.6 Å². The van der Waals surface area contributed by atoms with E-state index in [-0.39, 0.29) is 0 Å². The molecule has 30 heavy (non-hydrogen) atoms. The van der Waals surface area contributed by atoms with Crippen LogP contribution in [-0.2, 0) is 17.9 Å². The quantitative estimate of drug-likeness (QED) is 0.588. The second-order valence-electron chi connectivity index (χ2n) is 7.22. The van der Waals surface area contributed by atoms with Crippen LogP contribution in [0.1, 0.15) is 11.1 Å². The highest BCUT2D eigenvalue weighted by Crippen LogP contribution is 2.32.